The molecule has 0 aromatic carbocycles. The van der Waals surface area contributed by atoms with Gasteiger partial charge in [-0.15, -0.1) is 0 Å². The molecule has 4 nitrogen and oxygen atoms in total. The number of amides is 1. The van der Waals surface area contributed by atoms with Gasteiger partial charge in [-0.05, 0) is 59.7 Å². The van der Waals surface area contributed by atoms with Crippen LogP contribution in [0.1, 0.15) is 46.5 Å². The highest BCUT2D eigenvalue weighted by Crippen LogP contribution is 2.50. The highest BCUT2D eigenvalue weighted by atomic mass is 16.5. The van der Waals surface area contributed by atoms with Crippen molar-refractivity contribution in [1.82, 2.24) is 9.80 Å². The quantitative estimate of drug-likeness (QED) is 0.791. The van der Waals surface area contributed by atoms with Crippen LogP contribution in [0.5, 0.6) is 0 Å². The van der Waals surface area contributed by atoms with E-state index in [-0.39, 0.29) is 17.1 Å². The van der Waals surface area contributed by atoms with Crippen molar-refractivity contribution < 1.29 is 9.53 Å². The van der Waals surface area contributed by atoms with Crippen molar-refractivity contribution in [2.24, 2.45) is 5.41 Å². The van der Waals surface area contributed by atoms with E-state index in [9.17, 15) is 4.79 Å². The van der Waals surface area contributed by atoms with Crippen LogP contribution in [0.2, 0.25) is 0 Å². The van der Waals surface area contributed by atoms with Crippen LogP contribution in [0, 0.1) is 5.41 Å². The second kappa shape index (κ2) is 4.70. The van der Waals surface area contributed by atoms with Crippen molar-refractivity contribution in [3.8, 4) is 0 Å². The van der Waals surface area contributed by atoms with Gasteiger partial charge in [0.05, 0.1) is 18.2 Å². The average Bonchev–Trinajstić information content (AvgIpc) is 2.86. The van der Waals surface area contributed by atoms with Crippen LogP contribution in [-0.4, -0.2) is 60.1 Å². The normalized spacial score (nSPS) is 36.2. The van der Waals surface area contributed by atoms with Gasteiger partial charge in [-0.25, -0.2) is 0 Å². The molecule has 0 atom stereocenters. The second-order valence-electron chi connectivity index (χ2n) is 7.71. The lowest BCUT2D eigenvalue weighted by Crippen LogP contribution is -2.49. The number of piperidine rings is 1. The van der Waals surface area contributed by atoms with Gasteiger partial charge in [-0.1, -0.05) is 6.92 Å². The van der Waals surface area contributed by atoms with Gasteiger partial charge in [0.15, 0.2) is 0 Å². The van der Waals surface area contributed by atoms with E-state index in [0.29, 0.717) is 11.9 Å². The molecule has 4 heteroatoms. The summed E-state index contributed by atoms with van der Waals surface area (Å²) in [6.07, 6.45) is 4.33. The maximum atomic E-state index is 12.9. The molecule has 20 heavy (non-hydrogen) atoms. The molecule has 0 aromatic rings. The van der Waals surface area contributed by atoms with E-state index in [4.69, 9.17) is 4.74 Å². The summed E-state index contributed by atoms with van der Waals surface area (Å²) in [7, 11) is 2.14. The number of carbonyl (C=O) groups is 1. The molecule has 114 valence electrons. The van der Waals surface area contributed by atoms with Crippen LogP contribution in [0.3, 0.4) is 0 Å². The molecule has 1 saturated carbocycles. The molecule has 0 unspecified atom stereocenters. The molecule has 3 saturated heterocycles. The number of rotatable bonds is 3. The van der Waals surface area contributed by atoms with E-state index in [1.54, 1.807) is 0 Å². The Balaban J connectivity index is 1.65. The van der Waals surface area contributed by atoms with Crippen molar-refractivity contribution in [3.63, 3.8) is 0 Å². The average molecular weight is 280 g/mol. The number of hydrogen-bond donors (Lipinski definition) is 0. The first kappa shape index (κ1) is 14.3. The number of carbonyl (C=O) groups excluding carboxylic acids is 1. The summed E-state index contributed by atoms with van der Waals surface area (Å²) in [5, 5.41) is 0. The first-order chi connectivity index (χ1) is 9.34. The fraction of sp³-hybridized carbons (Fsp3) is 0.938. The number of likely N-dealkylation sites (tertiary alicyclic amines) is 1. The number of fused-ring (bicyclic) bond motifs is 1. The summed E-state index contributed by atoms with van der Waals surface area (Å²) in [6, 6.07) is 0.442. The predicted molar refractivity (Wildman–Crippen MR) is 78.5 cm³/mol. The first-order valence-electron chi connectivity index (χ1n) is 8.01. The van der Waals surface area contributed by atoms with Crippen LogP contribution < -0.4 is 0 Å². The third-order valence-electron chi connectivity index (χ3n) is 5.47. The van der Waals surface area contributed by atoms with Gasteiger partial charge < -0.3 is 14.5 Å². The number of nitrogens with zero attached hydrogens (tertiary/aromatic N) is 2. The smallest absolute Gasteiger partial charge is 0.228 e. The summed E-state index contributed by atoms with van der Waals surface area (Å²) >= 11 is 0. The van der Waals surface area contributed by atoms with Gasteiger partial charge in [0.2, 0.25) is 5.91 Å². The second-order valence-corrected chi connectivity index (χ2v) is 7.71. The molecule has 0 N–H and O–H groups in total. The minimum absolute atomic E-state index is 0.0175. The Labute approximate surface area is 122 Å². The first-order valence-corrected chi connectivity index (χ1v) is 8.01. The largest absolute Gasteiger partial charge is 0.370 e. The Hall–Kier alpha value is -0.610. The van der Waals surface area contributed by atoms with Crippen molar-refractivity contribution in [2.45, 2.75) is 64.2 Å². The molecule has 3 aliphatic heterocycles. The van der Waals surface area contributed by atoms with Crippen LogP contribution in [0.25, 0.3) is 0 Å². The van der Waals surface area contributed by atoms with E-state index in [1.165, 1.54) is 0 Å². The molecular formula is C16H28N2O2. The van der Waals surface area contributed by atoms with Crippen molar-refractivity contribution in [2.75, 3.05) is 26.7 Å². The predicted octanol–water partition coefficient (Wildman–Crippen LogP) is 1.89. The van der Waals surface area contributed by atoms with E-state index < -0.39 is 0 Å². The maximum absolute atomic E-state index is 12.9. The molecule has 0 spiro atoms. The molecule has 2 bridgehead atoms. The minimum Gasteiger partial charge on any atom is -0.370 e. The lowest BCUT2D eigenvalue weighted by molar-refractivity contribution is -0.144. The maximum Gasteiger partial charge on any atom is 0.228 e. The fourth-order valence-corrected chi connectivity index (χ4v) is 4.13. The van der Waals surface area contributed by atoms with Crippen LogP contribution in [0.4, 0.5) is 0 Å². The lowest BCUT2D eigenvalue weighted by Gasteiger charge is -2.40. The molecular weight excluding hydrogens is 252 g/mol. The zero-order valence-corrected chi connectivity index (χ0v) is 13.3. The zero-order valence-electron chi connectivity index (χ0n) is 13.3. The summed E-state index contributed by atoms with van der Waals surface area (Å²) in [5.74, 6) is 0.377. The summed E-state index contributed by atoms with van der Waals surface area (Å²) < 4.78 is 6.08. The molecule has 4 rings (SSSR count). The lowest BCUT2D eigenvalue weighted by atomic mass is 9.78. The van der Waals surface area contributed by atoms with E-state index >= 15 is 0 Å². The third-order valence-corrected chi connectivity index (χ3v) is 5.47. The SMILES string of the molecule is CC(C)OC12CC(C1)N(C(=O)C1(C)CCN(C)CC1)C2. The van der Waals surface area contributed by atoms with Crippen LogP contribution in [-0.2, 0) is 9.53 Å². The molecule has 1 aliphatic carbocycles. The molecule has 0 aromatic heterocycles. The van der Waals surface area contributed by atoms with Gasteiger partial charge in [-0.2, -0.15) is 0 Å². The van der Waals surface area contributed by atoms with Crippen LogP contribution >= 0.6 is 0 Å². The molecule has 4 aliphatic rings. The Morgan fingerprint density at radius 3 is 2.40 bits per heavy atom. The van der Waals surface area contributed by atoms with Crippen molar-refractivity contribution >= 4 is 5.91 Å². The van der Waals surface area contributed by atoms with Crippen molar-refractivity contribution in [1.29, 1.82) is 0 Å². The van der Waals surface area contributed by atoms with Crippen LogP contribution in [0.15, 0.2) is 0 Å². The van der Waals surface area contributed by atoms with E-state index in [1.807, 2.05) is 0 Å². The third kappa shape index (κ3) is 2.27. The number of ether oxygens (including phenoxy) is 1. The molecule has 1 amide bonds. The minimum atomic E-state index is -0.150. The summed E-state index contributed by atoms with van der Waals surface area (Å²) in [5.41, 5.74) is -0.167. The molecule has 4 fully saturated rings. The summed E-state index contributed by atoms with van der Waals surface area (Å²) in [4.78, 5) is 17.4. The topological polar surface area (TPSA) is 32.8 Å². The van der Waals surface area contributed by atoms with Gasteiger partial charge >= 0.3 is 0 Å². The fourth-order valence-electron chi connectivity index (χ4n) is 4.13. The van der Waals surface area contributed by atoms with Gasteiger partial charge in [0.1, 0.15) is 0 Å². The monoisotopic (exact) mass is 280 g/mol. The number of hydrogen-bond acceptors (Lipinski definition) is 3. The standard InChI is InChI=1S/C16H28N2O2/c1-12(2)20-16-9-13(10-16)18(11-16)14(19)15(3)5-7-17(4)8-6-15/h12-13H,5-11H2,1-4H3. The van der Waals surface area contributed by atoms with Gasteiger partial charge in [0.25, 0.3) is 0 Å². The molecule has 0 radical (unpaired) electrons. The van der Waals surface area contributed by atoms with Crippen molar-refractivity contribution in [3.05, 3.63) is 0 Å². The Bertz CT molecular complexity index is 393. The summed E-state index contributed by atoms with van der Waals surface area (Å²) in [6.45, 7) is 9.23. The molecule has 3 heterocycles. The Kier molecular flexibility index (Phi) is 3.37. The van der Waals surface area contributed by atoms with Gasteiger partial charge in [0, 0.05) is 11.5 Å². The van der Waals surface area contributed by atoms with E-state index in [0.717, 1.165) is 45.3 Å². The Morgan fingerprint density at radius 1 is 1.25 bits per heavy atom. The highest BCUT2D eigenvalue weighted by Gasteiger charge is 2.59. The van der Waals surface area contributed by atoms with Gasteiger partial charge in [-0.3, -0.25) is 4.79 Å². The highest BCUT2D eigenvalue weighted by molar-refractivity contribution is 5.83. The Morgan fingerprint density at radius 2 is 1.85 bits per heavy atom. The zero-order chi connectivity index (χ0) is 14.5. The van der Waals surface area contributed by atoms with E-state index in [2.05, 4.69) is 37.6 Å².